The van der Waals surface area contributed by atoms with Crippen molar-refractivity contribution in [2.24, 2.45) is 0 Å². The summed E-state index contributed by atoms with van der Waals surface area (Å²) in [4.78, 5) is 11.7. The number of carbonyl (C=O) groups excluding carboxylic acids is 1. The van der Waals surface area contributed by atoms with E-state index in [1.807, 2.05) is 13.0 Å². The smallest absolute Gasteiger partial charge is 0.192 e. The van der Waals surface area contributed by atoms with Gasteiger partial charge in [0.25, 0.3) is 0 Å². The summed E-state index contributed by atoms with van der Waals surface area (Å²) in [5.41, 5.74) is 1.54. The zero-order valence-electron chi connectivity index (χ0n) is 8.50. The van der Waals surface area contributed by atoms with Crippen molar-refractivity contribution in [3.63, 3.8) is 0 Å². The minimum absolute atomic E-state index is 0.0822. The lowest BCUT2D eigenvalue weighted by atomic mass is 10.0. The first kappa shape index (κ1) is 11.2. The summed E-state index contributed by atoms with van der Waals surface area (Å²) < 4.78 is 4.95. The molecule has 0 spiro atoms. The Morgan fingerprint density at radius 2 is 2.14 bits per heavy atom. The lowest BCUT2D eigenvalue weighted by molar-refractivity contribution is 0.0655. The van der Waals surface area contributed by atoms with Crippen LogP contribution in [-0.4, -0.2) is 19.0 Å². The molecular weight excluding hydrogens is 200 g/mol. The Hall–Kier alpha value is -0.860. The van der Waals surface area contributed by atoms with Crippen molar-refractivity contribution in [2.75, 3.05) is 7.11 Å². The molecule has 1 unspecified atom stereocenters. The van der Waals surface area contributed by atoms with Crippen LogP contribution < -0.4 is 0 Å². The van der Waals surface area contributed by atoms with Gasteiger partial charge in [0, 0.05) is 12.7 Å². The number of aryl methyl sites for hydroxylation is 1. The number of ether oxygens (including phenoxy) is 1. The second-order valence-corrected chi connectivity index (χ2v) is 3.63. The van der Waals surface area contributed by atoms with Crippen molar-refractivity contribution < 1.29 is 9.53 Å². The van der Waals surface area contributed by atoms with Crippen LogP contribution in [0.2, 0.25) is 5.02 Å². The lowest BCUT2D eigenvalue weighted by Gasteiger charge is -2.10. The van der Waals surface area contributed by atoms with Crippen LogP contribution in [0.15, 0.2) is 18.2 Å². The molecule has 0 fully saturated rings. The molecule has 1 aromatic carbocycles. The zero-order valence-corrected chi connectivity index (χ0v) is 9.26. The third kappa shape index (κ3) is 2.34. The Labute approximate surface area is 88.8 Å². The topological polar surface area (TPSA) is 26.3 Å². The molecule has 1 rings (SSSR count). The number of methoxy groups -OCH3 is 1. The van der Waals surface area contributed by atoms with E-state index in [9.17, 15) is 4.79 Å². The van der Waals surface area contributed by atoms with Gasteiger partial charge in [0.15, 0.2) is 5.78 Å². The first-order valence-corrected chi connectivity index (χ1v) is 4.77. The molecule has 0 bridgehead atoms. The highest BCUT2D eigenvalue weighted by Gasteiger charge is 2.17. The number of Topliss-reactive ketones (excluding diaryl/α,β-unsaturated/α-hetero) is 1. The molecule has 76 valence electrons. The van der Waals surface area contributed by atoms with Gasteiger partial charge in [-0.2, -0.15) is 0 Å². The van der Waals surface area contributed by atoms with Gasteiger partial charge in [-0.25, -0.2) is 0 Å². The van der Waals surface area contributed by atoms with Crippen molar-refractivity contribution in [1.82, 2.24) is 0 Å². The summed E-state index contributed by atoms with van der Waals surface area (Å²) in [6, 6.07) is 5.38. The molecule has 0 aliphatic heterocycles. The van der Waals surface area contributed by atoms with Crippen molar-refractivity contribution in [1.29, 1.82) is 0 Å². The van der Waals surface area contributed by atoms with Crippen molar-refractivity contribution in [3.8, 4) is 0 Å². The Morgan fingerprint density at radius 1 is 1.50 bits per heavy atom. The maximum Gasteiger partial charge on any atom is 0.192 e. The number of rotatable bonds is 3. The fraction of sp³-hybridized carbons (Fsp3) is 0.364. The van der Waals surface area contributed by atoms with E-state index in [0.717, 1.165) is 5.56 Å². The van der Waals surface area contributed by atoms with Gasteiger partial charge in [0.2, 0.25) is 0 Å². The zero-order chi connectivity index (χ0) is 10.7. The quantitative estimate of drug-likeness (QED) is 0.721. The normalized spacial score (nSPS) is 12.6. The van der Waals surface area contributed by atoms with Crippen LogP contribution in [0.3, 0.4) is 0 Å². The number of ketones is 1. The largest absolute Gasteiger partial charge is 0.374 e. The molecule has 0 saturated carbocycles. The van der Waals surface area contributed by atoms with Crippen LogP contribution in [-0.2, 0) is 4.74 Å². The number of hydrogen-bond donors (Lipinski definition) is 0. The predicted octanol–water partition coefficient (Wildman–Crippen LogP) is 2.87. The fourth-order valence-corrected chi connectivity index (χ4v) is 1.36. The standard InChI is InChI=1S/C11H13ClO2/c1-7-4-5-10(12)9(6-7)11(13)8(2)14-3/h4-6,8H,1-3H3. The summed E-state index contributed by atoms with van der Waals surface area (Å²) in [5.74, 6) is -0.0822. The highest BCUT2D eigenvalue weighted by atomic mass is 35.5. The van der Waals surface area contributed by atoms with E-state index in [-0.39, 0.29) is 5.78 Å². The average molecular weight is 213 g/mol. The SMILES string of the molecule is COC(C)C(=O)c1cc(C)ccc1Cl. The maximum absolute atomic E-state index is 11.7. The summed E-state index contributed by atoms with van der Waals surface area (Å²) in [5, 5.41) is 0.476. The molecule has 14 heavy (non-hydrogen) atoms. The molecule has 0 saturated heterocycles. The van der Waals surface area contributed by atoms with Crippen LogP contribution in [0.4, 0.5) is 0 Å². The van der Waals surface area contributed by atoms with Crippen LogP contribution in [0.1, 0.15) is 22.8 Å². The Kier molecular flexibility index (Phi) is 3.67. The van der Waals surface area contributed by atoms with E-state index in [0.29, 0.717) is 10.6 Å². The van der Waals surface area contributed by atoms with Crippen LogP contribution >= 0.6 is 11.6 Å². The summed E-state index contributed by atoms with van der Waals surface area (Å²) in [6.45, 7) is 3.63. The lowest BCUT2D eigenvalue weighted by Crippen LogP contribution is -2.19. The monoisotopic (exact) mass is 212 g/mol. The Bertz CT molecular complexity index is 347. The minimum Gasteiger partial charge on any atom is -0.374 e. The van der Waals surface area contributed by atoms with E-state index < -0.39 is 6.10 Å². The van der Waals surface area contributed by atoms with E-state index in [2.05, 4.69) is 0 Å². The Balaban J connectivity index is 3.06. The maximum atomic E-state index is 11.7. The van der Waals surface area contributed by atoms with E-state index in [1.165, 1.54) is 7.11 Å². The van der Waals surface area contributed by atoms with Crippen LogP contribution in [0, 0.1) is 6.92 Å². The van der Waals surface area contributed by atoms with Gasteiger partial charge in [-0.1, -0.05) is 23.2 Å². The Morgan fingerprint density at radius 3 is 2.71 bits per heavy atom. The molecule has 0 aliphatic carbocycles. The van der Waals surface area contributed by atoms with E-state index in [1.54, 1.807) is 19.1 Å². The van der Waals surface area contributed by atoms with Gasteiger partial charge < -0.3 is 4.74 Å². The summed E-state index contributed by atoms with van der Waals surface area (Å²) >= 11 is 5.92. The van der Waals surface area contributed by atoms with Gasteiger partial charge in [0.05, 0.1) is 5.02 Å². The first-order chi connectivity index (χ1) is 6.56. The van der Waals surface area contributed by atoms with Gasteiger partial charge >= 0.3 is 0 Å². The number of halogens is 1. The summed E-state index contributed by atoms with van der Waals surface area (Å²) in [6.07, 6.45) is -0.450. The minimum atomic E-state index is -0.450. The van der Waals surface area contributed by atoms with Crippen LogP contribution in [0.25, 0.3) is 0 Å². The average Bonchev–Trinajstić information content (AvgIpc) is 2.19. The van der Waals surface area contributed by atoms with Crippen LogP contribution in [0.5, 0.6) is 0 Å². The second-order valence-electron chi connectivity index (χ2n) is 3.23. The highest BCUT2D eigenvalue weighted by molar-refractivity contribution is 6.34. The van der Waals surface area contributed by atoms with Crippen molar-refractivity contribution in [3.05, 3.63) is 34.3 Å². The van der Waals surface area contributed by atoms with Gasteiger partial charge in [-0.05, 0) is 26.0 Å². The first-order valence-electron chi connectivity index (χ1n) is 4.39. The third-order valence-electron chi connectivity index (χ3n) is 2.11. The van der Waals surface area contributed by atoms with Crippen molar-refractivity contribution >= 4 is 17.4 Å². The molecule has 0 aromatic heterocycles. The molecule has 0 radical (unpaired) electrons. The van der Waals surface area contributed by atoms with E-state index >= 15 is 0 Å². The molecule has 2 nitrogen and oxygen atoms in total. The molecule has 0 amide bonds. The van der Waals surface area contributed by atoms with Gasteiger partial charge in [-0.15, -0.1) is 0 Å². The number of hydrogen-bond acceptors (Lipinski definition) is 2. The molecule has 0 heterocycles. The predicted molar refractivity (Wildman–Crippen MR) is 57.0 cm³/mol. The molecule has 1 aromatic rings. The van der Waals surface area contributed by atoms with Crippen molar-refractivity contribution in [2.45, 2.75) is 20.0 Å². The molecule has 1 atom stereocenters. The second kappa shape index (κ2) is 4.58. The molecule has 0 N–H and O–H groups in total. The molecule has 3 heteroatoms. The number of benzene rings is 1. The van der Waals surface area contributed by atoms with E-state index in [4.69, 9.17) is 16.3 Å². The van der Waals surface area contributed by atoms with Gasteiger partial charge in [0.1, 0.15) is 6.10 Å². The summed E-state index contributed by atoms with van der Waals surface area (Å²) in [7, 11) is 1.51. The molecule has 0 aliphatic rings. The highest BCUT2D eigenvalue weighted by Crippen LogP contribution is 2.19. The van der Waals surface area contributed by atoms with Gasteiger partial charge in [-0.3, -0.25) is 4.79 Å². The fourth-order valence-electron chi connectivity index (χ4n) is 1.15. The third-order valence-corrected chi connectivity index (χ3v) is 2.44. The molecular formula is C11H13ClO2. The number of carbonyl (C=O) groups is 1.